The number of hydrogen-bond donors (Lipinski definition) is 3. The monoisotopic (exact) mass is 331 g/mol. The van der Waals surface area contributed by atoms with Crippen molar-refractivity contribution in [2.75, 3.05) is 6.54 Å². The third-order valence-electron chi connectivity index (χ3n) is 5.63. The average Bonchev–Trinajstić information content (AvgIpc) is 2.95. The SMILES string of the molecule is N#Cc1ccc(-n2c(O)c3c(c2O)[C@H]2CC[C@@H]3CN2)c2ccccc12. The van der Waals surface area contributed by atoms with Gasteiger partial charge in [-0.05, 0) is 25.0 Å². The predicted octanol–water partition coefficient (Wildman–Crippen LogP) is 3.44. The first-order valence-electron chi connectivity index (χ1n) is 8.52. The molecular formula is C20H17N3O2. The van der Waals surface area contributed by atoms with Crippen LogP contribution in [0.25, 0.3) is 16.5 Å². The molecule has 0 radical (unpaired) electrons. The third kappa shape index (κ3) is 1.80. The molecule has 5 nitrogen and oxygen atoms in total. The zero-order valence-electron chi connectivity index (χ0n) is 13.5. The van der Waals surface area contributed by atoms with Crippen LogP contribution in [0.1, 0.15) is 41.5 Å². The van der Waals surface area contributed by atoms with E-state index in [2.05, 4.69) is 11.4 Å². The Morgan fingerprint density at radius 1 is 1.00 bits per heavy atom. The van der Waals surface area contributed by atoms with Crippen LogP contribution in [0.2, 0.25) is 0 Å². The van der Waals surface area contributed by atoms with Crippen LogP contribution in [-0.2, 0) is 0 Å². The standard InChI is InChI=1S/C20H17N3O2/c21-9-11-6-8-16(14-4-2-1-3-13(11)14)23-19(24)17-12-5-7-15(22-10-12)18(17)20(23)25/h1-4,6,8,12,15,22,24-25H,5,7,10H2/t12-,15-/m1/s1. The first kappa shape index (κ1) is 14.4. The Kier molecular flexibility index (Phi) is 2.88. The molecule has 6 rings (SSSR count). The lowest BCUT2D eigenvalue weighted by atomic mass is 9.78. The fourth-order valence-electron chi connectivity index (χ4n) is 4.48. The van der Waals surface area contributed by atoms with Crippen LogP contribution in [-0.4, -0.2) is 21.3 Å². The molecule has 0 unspecified atom stereocenters. The number of hydrogen-bond acceptors (Lipinski definition) is 4. The smallest absolute Gasteiger partial charge is 0.203 e. The summed E-state index contributed by atoms with van der Waals surface area (Å²) in [4.78, 5) is 0. The van der Waals surface area contributed by atoms with Gasteiger partial charge in [-0.1, -0.05) is 24.3 Å². The molecule has 25 heavy (non-hydrogen) atoms. The Morgan fingerprint density at radius 3 is 2.44 bits per heavy atom. The van der Waals surface area contributed by atoms with E-state index in [9.17, 15) is 15.5 Å². The second kappa shape index (κ2) is 5.01. The lowest BCUT2D eigenvalue weighted by Gasteiger charge is -2.36. The van der Waals surface area contributed by atoms with Crippen molar-refractivity contribution in [3.8, 4) is 23.5 Å². The Labute approximate surface area is 144 Å². The minimum Gasteiger partial charge on any atom is -0.494 e. The number of aromatic nitrogens is 1. The van der Waals surface area contributed by atoms with Gasteiger partial charge in [0.1, 0.15) is 0 Å². The van der Waals surface area contributed by atoms with E-state index < -0.39 is 0 Å². The van der Waals surface area contributed by atoms with E-state index >= 15 is 0 Å². The maximum Gasteiger partial charge on any atom is 0.203 e. The second-order valence-corrected chi connectivity index (χ2v) is 6.83. The van der Waals surface area contributed by atoms with E-state index in [0.717, 1.165) is 41.3 Å². The molecule has 3 aliphatic rings. The zero-order chi connectivity index (χ0) is 17.1. The summed E-state index contributed by atoms with van der Waals surface area (Å²) in [7, 11) is 0. The molecule has 5 heteroatoms. The zero-order valence-corrected chi connectivity index (χ0v) is 13.5. The molecule has 3 heterocycles. The minimum absolute atomic E-state index is 0.0943. The molecule has 2 bridgehead atoms. The summed E-state index contributed by atoms with van der Waals surface area (Å²) in [5.41, 5.74) is 2.98. The first-order chi connectivity index (χ1) is 12.2. The summed E-state index contributed by atoms with van der Waals surface area (Å²) in [6.07, 6.45) is 2.00. The van der Waals surface area contributed by atoms with Gasteiger partial charge in [0.15, 0.2) is 0 Å². The lowest BCUT2D eigenvalue weighted by molar-refractivity contribution is 0.321. The highest BCUT2D eigenvalue weighted by Crippen LogP contribution is 2.52. The summed E-state index contributed by atoms with van der Waals surface area (Å²) in [5, 5.41) is 36.3. The van der Waals surface area contributed by atoms with Gasteiger partial charge < -0.3 is 15.5 Å². The molecule has 1 aromatic heterocycles. The highest BCUT2D eigenvalue weighted by molar-refractivity contribution is 5.95. The number of nitrogens with zero attached hydrogens (tertiary/aromatic N) is 2. The largest absolute Gasteiger partial charge is 0.494 e. The molecule has 0 amide bonds. The fraction of sp³-hybridized carbons (Fsp3) is 0.250. The summed E-state index contributed by atoms with van der Waals surface area (Å²) in [6.45, 7) is 0.836. The van der Waals surface area contributed by atoms with Crippen LogP contribution in [0.4, 0.5) is 0 Å². The molecule has 3 aromatic rings. The average molecular weight is 331 g/mol. The van der Waals surface area contributed by atoms with Gasteiger partial charge in [0.2, 0.25) is 11.8 Å². The molecule has 0 spiro atoms. The van der Waals surface area contributed by atoms with E-state index in [1.54, 1.807) is 12.1 Å². The number of benzene rings is 2. The molecule has 124 valence electrons. The van der Waals surface area contributed by atoms with E-state index in [-0.39, 0.29) is 23.7 Å². The van der Waals surface area contributed by atoms with Crippen LogP contribution < -0.4 is 5.32 Å². The molecular weight excluding hydrogens is 314 g/mol. The molecule has 0 saturated carbocycles. The highest BCUT2D eigenvalue weighted by atomic mass is 16.3. The Bertz CT molecular complexity index is 1020. The van der Waals surface area contributed by atoms with Crippen molar-refractivity contribution in [1.29, 1.82) is 5.26 Å². The van der Waals surface area contributed by atoms with E-state index in [1.807, 2.05) is 24.3 Å². The van der Waals surface area contributed by atoms with Crippen molar-refractivity contribution in [2.45, 2.75) is 24.8 Å². The molecule has 2 aromatic carbocycles. The van der Waals surface area contributed by atoms with Crippen LogP contribution in [0.5, 0.6) is 11.8 Å². The van der Waals surface area contributed by atoms with Crippen LogP contribution >= 0.6 is 0 Å². The number of nitriles is 1. The molecule has 2 aliphatic heterocycles. The third-order valence-corrected chi connectivity index (χ3v) is 5.63. The number of aromatic hydroxyl groups is 2. The maximum atomic E-state index is 10.9. The summed E-state index contributed by atoms with van der Waals surface area (Å²) < 4.78 is 1.53. The van der Waals surface area contributed by atoms with Gasteiger partial charge in [-0.3, -0.25) is 4.57 Å². The van der Waals surface area contributed by atoms with Crippen molar-refractivity contribution in [1.82, 2.24) is 9.88 Å². The number of piperidine rings is 1. The van der Waals surface area contributed by atoms with Gasteiger partial charge in [0, 0.05) is 40.4 Å². The van der Waals surface area contributed by atoms with E-state index in [4.69, 9.17) is 0 Å². The molecule has 1 fully saturated rings. The van der Waals surface area contributed by atoms with Crippen molar-refractivity contribution >= 4 is 10.8 Å². The van der Waals surface area contributed by atoms with Crippen LogP contribution in [0.15, 0.2) is 36.4 Å². The van der Waals surface area contributed by atoms with Gasteiger partial charge in [0.25, 0.3) is 0 Å². The number of rotatable bonds is 1. The molecule has 1 saturated heterocycles. The van der Waals surface area contributed by atoms with Gasteiger partial charge in [-0.2, -0.15) is 5.26 Å². The van der Waals surface area contributed by atoms with Gasteiger partial charge in [-0.15, -0.1) is 0 Å². The molecule has 2 atom stereocenters. The van der Waals surface area contributed by atoms with Crippen molar-refractivity contribution in [3.63, 3.8) is 0 Å². The van der Waals surface area contributed by atoms with Gasteiger partial charge in [0.05, 0.1) is 17.3 Å². The fourth-order valence-corrected chi connectivity index (χ4v) is 4.48. The Hall–Kier alpha value is -2.97. The highest BCUT2D eigenvalue weighted by Gasteiger charge is 2.40. The number of fused-ring (bicyclic) bond motifs is 3. The van der Waals surface area contributed by atoms with E-state index in [0.29, 0.717) is 11.3 Å². The Balaban J connectivity index is 1.84. The van der Waals surface area contributed by atoms with Crippen molar-refractivity contribution in [3.05, 3.63) is 53.1 Å². The van der Waals surface area contributed by atoms with Gasteiger partial charge >= 0.3 is 0 Å². The summed E-state index contributed by atoms with van der Waals surface area (Å²) in [6, 6.07) is 13.4. The quantitative estimate of drug-likeness (QED) is 0.638. The van der Waals surface area contributed by atoms with Crippen molar-refractivity contribution < 1.29 is 10.2 Å². The molecule has 1 aliphatic carbocycles. The van der Waals surface area contributed by atoms with Crippen molar-refractivity contribution in [2.24, 2.45) is 0 Å². The number of nitrogens with one attached hydrogen (secondary N) is 1. The van der Waals surface area contributed by atoms with Gasteiger partial charge in [-0.25, -0.2) is 0 Å². The van der Waals surface area contributed by atoms with E-state index in [1.165, 1.54) is 4.57 Å². The van der Waals surface area contributed by atoms with Crippen LogP contribution in [0.3, 0.4) is 0 Å². The Morgan fingerprint density at radius 2 is 1.76 bits per heavy atom. The first-order valence-corrected chi connectivity index (χ1v) is 8.52. The normalized spacial score (nSPS) is 21.2. The minimum atomic E-state index is 0.0943. The van der Waals surface area contributed by atoms with Crippen LogP contribution in [0, 0.1) is 11.3 Å². The molecule has 3 N–H and O–H groups in total. The predicted molar refractivity (Wildman–Crippen MR) is 94.0 cm³/mol. The lowest BCUT2D eigenvalue weighted by Crippen LogP contribution is -2.37. The maximum absolute atomic E-state index is 10.9. The second-order valence-electron chi connectivity index (χ2n) is 6.83. The topological polar surface area (TPSA) is 81.2 Å². The summed E-state index contributed by atoms with van der Waals surface area (Å²) >= 11 is 0. The summed E-state index contributed by atoms with van der Waals surface area (Å²) in [5.74, 6) is 0.458.